The second kappa shape index (κ2) is 15.4. The Kier molecular flexibility index (Phi) is 11.1. The summed E-state index contributed by atoms with van der Waals surface area (Å²) in [7, 11) is 1.60. The topological polar surface area (TPSA) is 117 Å². The third-order valence-electron chi connectivity index (χ3n) is 7.25. The van der Waals surface area contributed by atoms with E-state index in [2.05, 4.69) is 10.6 Å². The molecule has 1 atom stereocenters. The van der Waals surface area contributed by atoms with Crippen LogP contribution in [0.25, 0.3) is 0 Å². The second-order valence-corrected chi connectivity index (χ2v) is 10.2. The summed E-state index contributed by atoms with van der Waals surface area (Å²) < 4.78 is 11.1. The molecule has 2 N–H and O–H groups in total. The van der Waals surface area contributed by atoms with Gasteiger partial charge in [-0.25, -0.2) is 0 Å². The highest BCUT2D eigenvalue weighted by atomic mass is 16.5. The first-order valence-corrected chi connectivity index (χ1v) is 14.4. The van der Waals surface area contributed by atoms with Gasteiger partial charge in [0.05, 0.1) is 25.6 Å². The molecule has 0 saturated carbocycles. The van der Waals surface area contributed by atoms with Gasteiger partial charge < -0.3 is 29.9 Å². The number of methoxy groups -OCH3 is 1. The Morgan fingerprint density at radius 3 is 2.37 bits per heavy atom. The minimum atomic E-state index is -1.18. The number of carbonyl (C=O) groups excluding carboxylic acids is 4. The number of likely N-dealkylation sites (N-methyl/N-ethyl adjacent to an activating group) is 1. The number of amides is 4. The van der Waals surface area contributed by atoms with E-state index in [1.807, 2.05) is 61.5 Å². The minimum absolute atomic E-state index is 0.159. The summed E-state index contributed by atoms with van der Waals surface area (Å²) in [5.41, 5.74) is 2.07. The lowest BCUT2D eigenvalue weighted by Crippen LogP contribution is -2.51. The molecule has 3 aromatic carbocycles. The lowest BCUT2D eigenvalue weighted by molar-refractivity contribution is -0.142. The van der Waals surface area contributed by atoms with Gasteiger partial charge in [-0.2, -0.15) is 0 Å². The van der Waals surface area contributed by atoms with Crippen LogP contribution in [-0.4, -0.2) is 79.4 Å². The number of benzene rings is 3. The zero-order chi connectivity index (χ0) is 30.6. The summed E-state index contributed by atoms with van der Waals surface area (Å²) >= 11 is 0. The summed E-state index contributed by atoms with van der Waals surface area (Å²) in [6, 6.07) is 22.4. The average Bonchev–Trinajstić information content (AvgIpc) is 3.02. The number of rotatable bonds is 8. The smallest absolute Gasteiger partial charge is 0.255 e. The number of nitrogens with zero attached hydrogens (tertiary/aromatic N) is 2. The highest BCUT2D eigenvalue weighted by molar-refractivity contribution is 6.01. The molecule has 0 unspecified atom stereocenters. The van der Waals surface area contributed by atoms with Crippen molar-refractivity contribution in [2.45, 2.75) is 32.4 Å². The molecule has 1 aliphatic rings. The highest BCUT2D eigenvalue weighted by Gasteiger charge is 2.30. The Labute approximate surface area is 252 Å². The molecule has 10 heteroatoms. The van der Waals surface area contributed by atoms with Gasteiger partial charge in [0, 0.05) is 19.6 Å². The van der Waals surface area contributed by atoms with Crippen molar-refractivity contribution in [3.05, 3.63) is 95.6 Å². The Morgan fingerprint density at radius 1 is 0.930 bits per heavy atom. The molecule has 4 rings (SSSR count). The van der Waals surface area contributed by atoms with E-state index in [0.717, 1.165) is 16.9 Å². The van der Waals surface area contributed by atoms with Gasteiger partial charge in [-0.15, -0.1) is 0 Å². The Balaban J connectivity index is 1.58. The number of carbonyl (C=O) groups is 4. The molecular formula is C33H38N4O6. The Morgan fingerprint density at radius 2 is 1.65 bits per heavy atom. The van der Waals surface area contributed by atoms with Crippen molar-refractivity contribution in [3.63, 3.8) is 0 Å². The van der Waals surface area contributed by atoms with E-state index in [9.17, 15) is 19.2 Å². The lowest BCUT2D eigenvalue weighted by atomic mass is 10.1. The van der Waals surface area contributed by atoms with E-state index in [1.54, 1.807) is 36.3 Å². The maximum atomic E-state index is 13.7. The van der Waals surface area contributed by atoms with Crippen molar-refractivity contribution in [2.75, 3.05) is 39.9 Å². The molecule has 0 aromatic heterocycles. The van der Waals surface area contributed by atoms with Gasteiger partial charge in [-0.3, -0.25) is 19.2 Å². The molecule has 0 aliphatic carbocycles. The van der Waals surface area contributed by atoms with E-state index in [0.29, 0.717) is 25.3 Å². The quantitative estimate of drug-likeness (QED) is 0.419. The number of hydrogen-bond acceptors (Lipinski definition) is 6. The van der Waals surface area contributed by atoms with Gasteiger partial charge in [-0.05, 0) is 48.7 Å². The number of ether oxygens (including phenoxy) is 2. The molecule has 4 amide bonds. The Hall–Kier alpha value is -4.86. The molecule has 10 nitrogen and oxygen atoms in total. The van der Waals surface area contributed by atoms with E-state index >= 15 is 0 Å². The zero-order valence-electron chi connectivity index (χ0n) is 24.6. The van der Waals surface area contributed by atoms with E-state index < -0.39 is 23.8 Å². The van der Waals surface area contributed by atoms with Crippen molar-refractivity contribution in [3.8, 4) is 11.5 Å². The normalized spacial score (nSPS) is 16.4. The van der Waals surface area contributed by atoms with Gasteiger partial charge in [0.2, 0.25) is 17.7 Å². The van der Waals surface area contributed by atoms with Crippen molar-refractivity contribution in [1.29, 1.82) is 0 Å². The van der Waals surface area contributed by atoms with Gasteiger partial charge >= 0.3 is 0 Å². The average molecular weight is 587 g/mol. The van der Waals surface area contributed by atoms with Crippen molar-refractivity contribution in [2.24, 2.45) is 0 Å². The molecule has 0 saturated heterocycles. The summed E-state index contributed by atoms with van der Waals surface area (Å²) in [6.45, 7) is 3.04. The van der Waals surface area contributed by atoms with Crippen LogP contribution < -0.4 is 20.1 Å². The van der Waals surface area contributed by atoms with Crippen LogP contribution in [0.15, 0.2) is 78.9 Å². The zero-order valence-corrected chi connectivity index (χ0v) is 24.6. The van der Waals surface area contributed by atoms with E-state index in [4.69, 9.17) is 9.47 Å². The van der Waals surface area contributed by atoms with Gasteiger partial charge in [0.15, 0.2) is 0 Å². The molecule has 1 aliphatic heterocycles. The molecule has 0 spiro atoms. The van der Waals surface area contributed by atoms with Crippen LogP contribution in [0.3, 0.4) is 0 Å². The van der Waals surface area contributed by atoms with Crippen molar-refractivity contribution < 1.29 is 28.7 Å². The number of hydrogen-bond donors (Lipinski definition) is 2. The van der Waals surface area contributed by atoms with Crippen LogP contribution in [0.1, 0.15) is 34.8 Å². The van der Waals surface area contributed by atoms with Crippen LogP contribution in [0.2, 0.25) is 0 Å². The fourth-order valence-electron chi connectivity index (χ4n) is 4.80. The lowest BCUT2D eigenvalue weighted by Gasteiger charge is -2.29. The van der Waals surface area contributed by atoms with Gasteiger partial charge in [0.25, 0.3) is 5.91 Å². The first-order valence-electron chi connectivity index (χ1n) is 14.4. The minimum Gasteiger partial charge on any atom is -0.497 e. The van der Waals surface area contributed by atoms with Crippen LogP contribution in [0, 0.1) is 0 Å². The van der Waals surface area contributed by atoms with Crippen LogP contribution in [0.5, 0.6) is 11.5 Å². The van der Waals surface area contributed by atoms with Crippen LogP contribution in [0.4, 0.5) is 0 Å². The molecule has 1 heterocycles. The fraction of sp³-hybridized carbons (Fsp3) is 0.333. The summed E-state index contributed by atoms with van der Waals surface area (Å²) in [6.07, 6.45) is 0.220. The third kappa shape index (κ3) is 8.81. The van der Waals surface area contributed by atoms with Crippen molar-refractivity contribution >= 4 is 23.6 Å². The molecule has 0 radical (unpaired) electrons. The maximum Gasteiger partial charge on any atom is 0.255 e. The molecular weight excluding hydrogens is 548 g/mol. The molecule has 226 valence electrons. The predicted octanol–water partition coefficient (Wildman–Crippen LogP) is 2.81. The molecule has 3 aromatic rings. The van der Waals surface area contributed by atoms with Crippen LogP contribution in [-0.2, 0) is 27.3 Å². The van der Waals surface area contributed by atoms with Gasteiger partial charge in [0.1, 0.15) is 30.7 Å². The molecule has 0 fully saturated rings. The highest BCUT2D eigenvalue weighted by Crippen LogP contribution is 2.19. The summed E-state index contributed by atoms with van der Waals surface area (Å²) in [4.78, 5) is 57.0. The maximum absolute atomic E-state index is 13.7. The first-order chi connectivity index (χ1) is 20.9. The molecule has 0 bridgehead atoms. The SMILES string of the molecule is CCN1CCOc2ccccc2C(=O)N[C@H](C(=O)NCCc2ccc(OC)cc2)CC(=O)N(Cc2ccccc2)CC1=O. The predicted molar refractivity (Wildman–Crippen MR) is 162 cm³/mol. The number of nitrogens with one attached hydrogen (secondary N) is 2. The second-order valence-electron chi connectivity index (χ2n) is 10.2. The monoisotopic (exact) mass is 586 g/mol. The summed E-state index contributed by atoms with van der Waals surface area (Å²) in [5, 5.41) is 5.60. The van der Waals surface area contributed by atoms with Crippen molar-refractivity contribution in [1.82, 2.24) is 20.4 Å². The number of fused-ring (bicyclic) bond motifs is 1. The van der Waals surface area contributed by atoms with Crippen LogP contribution >= 0.6 is 0 Å². The molecule has 43 heavy (non-hydrogen) atoms. The largest absolute Gasteiger partial charge is 0.497 e. The fourth-order valence-corrected chi connectivity index (χ4v) is 4.80. The number of para-hydroxylation sites is 1. The summed E-state index contributed by atoms with van der Waals surface area (Å²) in [5.74, 6) is -0.624. The van der Waals surface area contributed by atoms with Gasteiger partial charge in [-0.1, -0.05) is 54.6 Å². The van der Waals surface area contributed by atoms with E-state index in [1.165, 1.54) is 4.90 Å². The Bertz CT molecular complexity index is 1400. The first kappa shape index (κ1) is 31.1. The standard InChI is InChI=1S/C33H38N4O6/c1-3-36-19-20-43-29-12-8-7-11-27(29)32(40)35-28(33(41)34-18-17-24-13-15-26(42-2)16-14-24)21-30(38)37(23-31(36)39)22-25-9-5-4-6-10-25/h4-16,28H,3,17-23H2,1-2H3,(H,34,41)(H,35,40)/t28-/m0/s1. The third-order valence-corrected chi connectivity index (χ3v) is 7.25. The van der Waals surface area contributed by atoms with E-state index in [-0.39, 0.29) is 44.1 Å².